The summed E-state index contributed by atoms with van der Waals surface area (Å²) in [7, 11) is 1.66. The molecule has 0 fully saturated rings. The lowest BCUT2D eigenvalue weighted by Gasteiger charge is -2.05. The molecule has 6 nitrogen and oxygen atoms in total. The van der Waals surface area contributed by atoms with Crippen LogP contribution in [0.4, 0.5) is 0 Å². The summed E-state index contributed by atoms with van der Waals surface area (Å²) < 4.78 is 5.20. The van der Waals surface area contributed by atoms with Crippen molar-refractivity contribution in [2.45, 2.75) is 19.8 Å². The molecular weight excluding hydrogens is 254 g/mol. The van der Waals surface area contributed by atoms with Gasteiger partial charge in [-0.2, -0.15) is 4.98 Å². The van der Waals surface area contributed by atoms with E-state index in [1.807, 2.05) is 31.2 Å². The minimum absolute atomic E-state index is 0.458. The van der Waals surface area contributed by atoms with Crippen LogP contribution >= 0.6 is 0 Å². The van der Waals surface area contributed by atoms with Crippen LogP contribution in [0.2, 0.25) is 0 Å². The van der Waals surface area contributed by atoms with Crippen molar-refractivity contribution < 1.29 is 4.52 Å². The Morgan fingerprint density at radius 3 is 2.70 bits per heavy atom. The average Bonchev–Trinajstić information content (AvgIpc) is 2.96. The van der Waals surface area contributed by atoms with Crippen molar-refractivity contribution in [1.82, 2.24) is 15.5 Å². The summed E-state index contributed by atoms with van der Waals surface area (Å²) in [6, 6.07) is 8.07. The van der Waals surface area contributed by atoms with Crippen molar-refractivity contribution >= 4 is 5.96 Å². The number of aryl methyl sites for hydroxylation is 1. The summed E-state index contributed by atoms with van der Waals surface area (Å²) in [5.41, 5.74) is 7.71. The zero-order chi connectivity index (χ0) is 14.4. The monoisotopic (exact) mass is 273 g/mol. The van der Waals surface area contributed by atoms with E-state index in [0.29, 0.717) is 11.9 Å². The fraction of sp³-hybridized carbons (Fsp3) is 0.357. The Bertz CT molecular complexity index is 574. The second-order valence-electron chi connectivity index (χ2n) is 4.35. The van der Waals surface area contributed by atoms with Gasteiger partial charge in [-0.25, -0.2) is 0 Å². The van der Waals surface area contributed by atoms with Gasteiger partial charge in [-0.05, 0) is 24.1 Å². The molecule has 0 saturated carbocycles. The van der Waals surface area contributed by atoms with E-state index >= 15 is 0 Å². The highest BCUT2D eigenvalue weighted by Crippen LogP contribution is 2.18. The van der Waals surface area contributed by atoms with Crippen molar-refractivity contribution in [3.63, 3.8) is 0 Å². The van der Waals surface area contributed by atoms with Gasteiger partial charge < -0.3 is 15.6 Å². The molecule has 106 valence electrons. The van der Waals surface area contributed by atoms with Gasteiger partial charge in [0.1, 0.15) is 0 Å². The quantitative estimate of drug-likeness (QED) is 0.634. The van der Waals surface area contributed by atoms with Gasteiger partial charge in [-0.3, -0.25) is 4.99 Å². The molecule has 0 aliphatic carbocycles. The van der Waals surface area contributed by atoms with Crippen LogP contribution in [0.5, 0.6) is 0 Å². The van der Waals surface area contributed by atoms with Crippen LogP contribution in [0.1, 0.15) is 18.3 Å². The fourth-order valence-electron chi connectivity index (χ4n) is 1.74. The zero-order valence-corrected chi connectivity index (χ0v) is 11.8. The summed E-state index contributed by atoms with van der Waals surface area (Å²) >= 11 is 0. The third-order valence-electron chi connectivity index (χ3n) is 2.95. The van der Waals surface area contributed by atoms with Gasteiger partial charge in [0.2, 0.25) is 0 Å². The Hall–Kier alpha value is -2.37. The van der Waals surface area contributed by atoms with Crippen LogP contribution in [0.15, 0.2) is 33.8 Å². The Labute approximate surface area is 118 Å². The van der Waals surface area contributed by atoms with E-state index < -0.39 is 0 Å². The normalized spacial score (nSPS) is 11.6. The molecular formula is C14H19N5O. The molecule has 0 spiro atoms. The smallest absolute Gasteiger partial charge is 0.257 e. The second-order valence-corrected chi connectivity index (χ2v) is 4.35. The van der Waals surface area contributed by atoms with Crippen molar-refractivity contribution in [3.05, 3.63) is 35.7 Å². The molecule has 0 aliphatic heterocycles. The van der Waals surface area contributed by atoms with E-state index in [9.17, 15) is 0 Å². The van der Waals surface area contributed by atoms with Crippen LogP contribution in [0, 0.1) is 0 Å². The van der Waals surface area contributed by atoms with Crippen LogP contribution < -0.4 is 11.1 Å². The second kappa shape index (κ2) is 6.70. The molecule has 2 rings (SSSR count). The molecule has 1 heterocycles. The molecule has 0 atom stereocenters. The lowest BCUT2D eigenvalue weighted by Crippen LogP contribution is -2.32. The molecule has 0 aliphatic rings. The van der Waals surface area contributed by atoms with Gasteiger partial charge in [-0.1, -0.05) is 24.2 Å². The molecule has 1 aromatic carbocycles. The number of guanidine groups is 1. The largest absolute Gasteiger partial charge is 0.370 e. The van der Waals surface area contributed by atoms with Crippen molar-refractivity contribution in [2.75, 3.05) is 13.6 Å². The number of nitrogens with one attached hydrogen (secondary N) is 1. The first-order valence-corrected chi connectivity index (χ1v) is 6.61. The van der Waals surface area contributed by atoms with E-state index in [2.05, 4.69) is 20.4 Å². The molecule has 1 aromatic heterocycles. The van der Waals surface area contributed by atoms with Crippen molar-refractivity contribution in [3.8, 4) is 11.5 Å². The third-order valence-corrected chi connectivity index (χ3v) is 2.95. The zero-order valence-electron chi connectivity index (χ0n) is 11.8. The van der Waals surface area contributed by atoms with Crippen molar-refractivity contribution in [1.29, 1.82) is 0 Å². The highest BCUT2D eigenvalue weighted by atomic mass is 16.5. The number of aromatic nitrogens is 2. The topological polar surface area (TPSA) is 89.3 Å². The molecule has 20 heavy (non-hydrogen) atoms. The molecule has 2 aromatic rings. The molecule has 6 heteroatoms. The maximum atomic E-state index is 5.56. The number of aliphatic imine (C=N–C) groups is 1. The first kappa shape index (κ1) is 14.0. The standard InChI is InChI=1S/C14H19N5O/c1-3-12-18-13(20-19-12)11-6-4-10(5-7-11)8-9-17-14(15)16-2/h4-7H,3,8-9H2,1-2H3,(H3,15,16,17). The van der Waals surface area contributed by atoms with Gasteiger partial charge in [-0.15, -0.1) is 0 Å². The summed E-state index contributed by atoms with van der Waals surface area (Å²) in [6.07, 6.45) is 1.65. The van der Waals surface area contributed by atoms with Crippen LogP contribution in [-0.4, -0.2) is 29.7 Å². The van der Waals surface area contributed by atoms with E-state index in [-0.39, 0.29) is 0 Å². The lowest BCUT2D eigenvalue weighted by atomic mass is 10.1. The maximum absolute atomic E-state index is 5.56. The molecule has 0 amide bonds. The van der Waals surface area contributed by atoms with Gasteiger partial charge in [0, 0.05) is 25.6 Å². The Balaban J connectivity index is 1.96. The summed E-state index contributed by atoms with van der Waals surface area (Å²) in [6.45, 7) is 2.75. The highest BCUT2D eigenvalue weighted by molar-refractivity contribution is 5.77. The maximum Gasteiger partial charge on any atom is 0.257 e. The SMILES string of the molecule is CCc1noc(-c2ccc(CCNC(N)=NC)cc2)n1. The van der Waals surface area contributed by atoms with Gasteiger partial charge in [0.25, 0.3) is 5.89 Å². The summed E-state index contributed by atoms with van der Waals surface area (Å²) in [5, 5.41) is 6.91. The lowest BCUT2D eigenvalue weighted by molar-refractivity contribution is 0.423. The van der Waals surface area contributed by atoms with E-state index in [1.165, 1.54) is 5.56 Å². The number of rotatable bonds is 5. The third kappa shape index (κ3) is 3.57. The number of nitrogens with zero attached hydrogens (tertiary/aromatic N) is 3. The predicted octanol–water partition coefficient (Wildman–Crippen LogP) is 1.38. The number of benzene rings is 1. The highest BCUT2D eigenvalue weighted by Gasteiger charge is 2.07. The van der Waals surface area contributed by atoms with E-state index in [0.717, 1.165) is 30.8 Å². The molecule has 3 N–H and O–H groups in total. The van der Waals surface area contributed by atoms with Crippen LogP contribution in [-0.2, 0) is 12.8 Å². The molecule has 0 radical (unpaired) electrons. The van der Waals surface area contributed by atoms with Gasteiger partial charge in [0.15, 0.2) is 11.8 Å². The Morgan fingerprint density at radius 2 is 2.10 bits per heavy atom. The molecule has 0 saturated heterocycles. The molecule has 0 unspecified atom stereocenters. The van der Waals surface area contributed by atoms with Crippen LogP contribution in [0.3, 0.4) is 0 Å². The average molecular weight is 273 g/mol. The Morgan fingerprint density at radius 1 is 1.35 bits per heavy atom. The summed E-state index contributed by atoms with van der Waals surface area (Å²) in [5.74, 6) is 1.75. The summed E-state index contributed by atoms with van der Waals surface area (Å²) in [4.78, 5) is 8.14. The predicted molar refractivity (Wildman–Crippen MR) is 78.4 cm³/mol. The van der Waals surface area contributed by atoms with Crippen molar-refractivity contribution in [2.24, 2.45) is 10.7 Å². The number of hydrogen-bond donors (Lipinski definition) is 2. The minimum Gasteiger partial charge on any atom is -0.370 e. The van der Waals surface area contributed by atoms with Gasteiger partial charge >= 0.3 is 0 Å². The van der Waals surface area contributed by atoms with E-state index in [4.69, 9.17) is 10.3 Å². The van der Waals surface area contributed by atoms with E-state index in [1.54, 1.807) is 7.05 Å². The van der Waals surface area contributed by atoms with Gasteiger partial charge in [0.05, 0.1) is 0 Å². The first-order valence-electron chi connectivity index (χ1n) is 6.61. The number of nitrogens with two attached hydrogens (primary N) is 1. The van der Waals surface area contributed by atoms with Crippen LogP contribution in [0.25, 0.3) is 11.5 Å². The molecule has 0 bridgehead atoms. The minimum atomic E-state index is 0.458. The Kier molecular flexibility index (Phi) is 4.70. The number of hydrogen-bond acceptors (Lipinski definition) is 4. The fourth-order valence-corrected chi connectivity index (χ4v) is 1.74. The first-order chi connectivity index (χ1) is 9.72.